The molecule has 1 aliphatic heterocycles. The number of hydrogen-bond donors (Lipinski definition) is 2. The number of carbonyl (C=O) groups is 1. The van der Waals surface area contributed by atoms with Gasteiger partial charge in [-0.2, -0.15) is 0 Å². The van der Waals surface area contributed by atoms with E-state index in [1.54, 1.807) is 7.05 Å². The number of aromatic nitrogens is 3. The van der Waals surface area contributed by atoms with E-state index >= 15 is 0 Å². The van der Waals surface area contributed by atoms with Crippen molar-refractivity contribution in [2.45, 2.75) is 24.5 Å². The molecule has 1 aromatic heterocycles. The lowest BCUT2D eigenvalue weighted by atomic mass is 10.2. The zero-order valence-electron chi connectivity index (χ0n) is 12.7. The van der Waals surface area contributed by atoms with Crippen molar-refractivity contribution < 1.29 is 13.2 Å². The second kappa shape index (κ2) is 7.42. The van der Waals surface area contributed by atoms with Crippen LogP contribution in [-0.4, -0.2) is 77.8 Å². The quantitative estimate of drug-likeness (QED) is 0.503. The molecule has 8 nitrogen and oxygen atoms in total. The summed E-state index contributed by atoms with van der Waals surface area (Å²) in [7, 11) is -1.13. The summed E-state index contributed by atoms with van der Waals surface area (Å²) in [5, 5.41) is 10.2. The molecular formula is C12H21N5O3S2. The second-order valence-electron chi connectivity index (χ2n) is 5.37. The summed E-state index contributed by atoms with van der Waals surface area (Å²) in [6.45, 7) is 2.57. The molecule has 0 radical (unpaired) electrons. The van der Waals surface area contributed by atoms with E-state index in [1.165, 1.54) is 11.8 Å². The minimum absolute atomic E-state index is 0.0543. The predicted molar refractivity (Wildman–Crippen MR) is 84.5 cm³/mol. The lowest BCUT2D eigenvalue weighted by molar-refractivity contribution is -0.122. The van der Waals surface area contributed by atoms with Crippen molar-refractivity contribution in [1.82, 2.24) is 25.4 Å². The van der Waals surface area contributed by atoms with Gasteiger partial charge in [0, 0.05) is 18.3 Å². The van der Waals surface area contributed by atoms with Crippen LogP contribution in [0.2, 0.25) is 0 Å². The number of sulfone groups is 1. The lowest BCUT2D eigenvalue weighted by Crippen LogP contribution is -2.41. The van der Waals surface area contributed by atoms with Crippen molar-refractivity contribution in [3.05, 3.63) is 5.82 Å². The molecule has 124 valence electrons. The van der Waals surface area contributed by atoms with Crippen LogP contribution >= 0.6 is 11.8 Å². The average Bonchev–Trinajstić information content (AvgIpc) is 3.00. The molecule has 10 heteroatoms. The molecule has 0 spiro atoms. The van der Waals surface area contributed by atoms with Crippen molar-refractivity contribution in [1.29, 1.82) is 0 Å². The van der Waals surface area contributed by atoms with Gasteiger partial charge in [0.1, 0.15) is 5.82 Å². The zero-order chi connectivity index (χ0) is 16.2. The highest BCUT2D eigenvalue weighted by molar-refractivity contribution is 7.99. The molecule has 1 amide bonds. The SMILES string of the molecule is Cc1nc(SCCNC(=O)CN(C)[C@H]2CCS(=O)(=O)C2)n[nH]1. The first-order valence-electron chi connectivity index (χ1n) is 7.05. The fourth-order valence-corrected chi connectivity index (χ4v) is 4.76. The topological polar surface area (TPSA) is 108 Å². The third kappa shape index (κ3) is 5.25. The summed E-state index contributed by atoms with van der Waals surface area (Å²) in [6, 6.07) is -0.0543. The van der Waals surface area contributed by atoms with Crippen LogP contribution in [0.1, 0.15) is 12.2 Å². The monoisotopic (exact) mass is 347 g/mol. The molecule has 22 heavy (non-hydrogen) atoms. The number of carbonyl (C=O) groups excluding carboxylic acids is 1. The first kappa shape index (κ1) is 17.2. The van der Waals surface area contributed by atoms with E-state index in [9.17, 15) is 13.2 Å². The van der Waals surface area contributed by atoms with Crippen LogP contribution in [0, 0.1) is 6.92 Å². The highest BCUT2D eigenvalue weighted by Gasteiger charge is 2.31. The Morgan fingerprint density at radius 3 is 2.91 bits per heavy atom. The molecule has 0 saturated carbocycles. The second-order valence-corrected chi connectivity index (χ2v) is 8.66. The first-order valence-corrected chi connectivity index (χ1v) is 9.85. The molecule has 1 saturated heterocycles. The molecule has 2 heterocycles. The van der Waals surface area contributed by atoms with E-state index < -0.39 is 9.84 Å². The Hall–Kier alpha value is -1.13. The molecule has 0 unspecified atom stereocenters. The van der Waals surface area contributed by atoms with Gasteiger partial charge in [-0.1, -0.05) is 11.8 Å². The molecule has 1 aliphatic rings. The number of rotatable bonds is 7. The smallest absolute Gasteiger partial charge is 0.234 e. The van der Waals surface area contributed by atoms with Crippen LogP contribution in [-0.2, 0) is 14.6 Å². The van der Waals surface area contributed by atoms with Crippen LogP contribution in [0.4, 0.5) is 0 Å². The maximum absolute atomic E-state index is 11.8. The van der Waals surface area contributed by atoms with Gasteiger partial charge < -0.3 is 5.32 Å². The summed E-state index contributed by atoms with van der Waals surface area (Å²) in [5.41, 5.74) is 0. The number of hydrogen-bond acceptors (Lipinski definition) is 7. The number of aromatic amines is 1. The highest BCUT2D eigenvalue weighted by atomic mass is 32.2. The van der Waals surface area contributed by atoms with Gasteiger partial charge in [-0.25, -0.2) is 13.4 Å². The zero-order valence-corrected chi connectivity index (χ0v) is 14.3. The Kier molecular flexibility index (Phi) is 5.81. The van der Waals surface area contributed by atoms with Crippen LogP contribution < -0.4 is 5.32 Å². The van der Waals surface area contributed by atoms with Gasteiger partial charge in [-0.3, -0.25) is 14.8 Å². The van der Waals surface area contributed by atoms with Crippen molar-refractivity contribution in [2.75, 3.05) is 37.4 Å². The molecule has 1 fully saturated rings. The standard InChI is InChI=1S/C12H21N5O3S2/c1-9-14-12(16-15-9)21-5-4-13-11(18)7-17(2)10-3-6-22(19,20)8-10/h10H,3-8H2,1-2H3,(H,13,18)(H,14,15,16)/t10-/m0/s1. The van der Waals surface area contributed by atoms with E-state index in [0.29, 0.717) is 23.9 Å². The van der Waals surface area contributed by atoms with Gasteiger partial charge in [-0.05, 0) is 20.4 Å². The Bertz CT molecular complexity index is 616. The average molecular weight is 347 g/mol. The highest BCUT2D eigenvalue weighted by Crippen LogP contribution is 2.16. The largest absolute Gasteiger partial charge is 0.354 e. The Morgan fingerprint density at radius 1 is 1.55 bits per heavy atom. The maximum Gasteiger partial charge on any atom is 0.234 e. The first-order chi connectivity index (χ1) is 10.4. The van der Waals surface area contributed by atoms with Gasteiger partial charge in [0.15, 0.2) is 9.84 Å². The Balaban J connectivity index is 1.63. The number of nitrogens with zero attached hydrogens (tertiary/aromatic N) is 3. The molecule has 0 bridgehead atoms. The summed E-state index contributed by atoms with van der Waals surface area (Å²) < 4.78 is 22.9. The van der Waals surface area contributed by atoms with Crippen LogP contribution in [0.15, 0.2) is 5.16 Å². The van der Waals surface area contributed by atoms with Gasteiger partial charge >= 0.3 is 0 Å². The summed E-state index contributed by atoms with van der Waals surface area (Å²) in [5.74, 6) is 1.72. The van der Waals surface area contributed by atoms with Crippen molar-refractivity contribution in [2.24, 2.45) is 0 Å². The number of likely N-dealkylation sites (N-methyl/N-ethyl adjacent to an activating group) is 1. The van der Waals surface area contributed by atoms with E-state index in [4.69, 9.17) is 0 Å². The van der Waals surface area contributed by atoms with E-state index in [-0.39, 0.29) is 30.0 Å². The van der Waals surface area contributed by atoms with E-state index in [1.807, 2.05) is 11.8 Å². The van der Waals surface area contributed by atoms with Gasteiger partial charge in [0.25, 0.3) is 0 Å². The molecule has 1 atom stereocenters. The van der Waals surface area contributed by atoms with Crippen LogP contribution in [0.3, 0.4) is 0 Å². The molecule has 2 N–H and O–H groups in total. The lowest BCUT2D eigenvalue weighted by Gasteiger charge is -2.22. The van der Waals surface area contributed by atoms with Gasteiger partial charge in [-0.15, -0.1) is 5.10 Å². The minimum Gasteiger partial charge on any atom is -0.354 e. The molecule has 0 aliphatic carbocycles. The Labute approximate surface area is 134 Å². The van der Waals surface area contributed by atoms with E-state index in [0.717, 1.165) is 5.82 Å². The maximum atomic E-state index is 11.8. The molecule has 0 aromatic carbocycles. The third-order valence-corrected chi connectivity index (χ3v) is 6.06. The fraction of sp³-hybridized carbons (Fsp3) is 0.750. The summed E-state index contributed by atoms with van der Waals surface area (Å²) in [4.78, 5) is 17.8. The summed E-state index contributed by atoms with van der Waals surface area (Å²) in [6.07, 6.45) is 0.603. The number of amides is 1. The minimum atomic E-state index is -2.92. The molecule has 1 aromatic rings. The normalized spacial score (nSPS) is 20.4. The van der Waals surface area contributed by atoms with Gasteiger partial charge in [0.05, 0.1) is 18.1 Å². The van der Waals surface area contributed by atoms with Crippen molar-refractivity contribution >= 4 is 27.5 Å². The summed E-state index contributed by atoms with van der Waals surface area (Å²) >= 11 is 1.47. The van der Waals surface area contributed by atoms with E-state index in [2.05, 4.69) is 20.5 Å². The van der Waals surface area contributed by atoms with Gasteiger partial charge in [0.2, 0.25) is 11.1 Å². The number of aryl methyl sites for hydroxylation is 1. The number of nitrogens with one attached hydrogen (secondary N) is 2. The van der Waals surface area contributed by atoms with Crippen molar-refractivity contribution in [3.8, 4) is 0 Å². The number of thioether (sulfide) groups is 1. The third-order valence-electron chi connectivity index (χ3n) is 3.46. The number of H-pyrrole nitrogens is 1. The molecular weight excluding hydrogens is 326 g/mol. The van der Waals surface area contributed by atoms with Crippen molar-refractivity contribution in [3.63, 3.8) is 0 Å². The fourth-order valence-electron chi connectivity index (χ4n) is 2.25. The van der Waals surface area contributed by atoms with Crippen LogP contribution in [0.25, 0.3) is 0 Å². The Morgan fingerprint density at radius 2 is 2.32 bits per heavy atom. The molecule has 2 rings (SSSR count). The predicted octanol–water partition coefficient (Wildman–Crippen LogP) is -0.560. The van der Waals surface area contributed by atoms with Crippen LogP contribution in [0.5, 0.6) is 0 Å².